The van der Waals surface area contributed by atoms with Crippen LogP contribution in [0.4, 0.5) is 0 Å². The predicted molar refractivity (Wildman–Crippen MR) is 73.7 cm³/mol. The van der Waals surface area contributed by atoms with Gasteiger partial charge >= 0.3 is 0 Å². The molecule has 108 valence electrons. The number of hydrogen-bond donors (Lipinski definition) is 0. The summed E-state index contributed by atoms with van der Waals surface area (Å²) in [5.41, 5.74) is 0. The fourth-order valence-corrected chi connectivity index (χ4v) is 3.00. The Hall–Kier alpha value is -1.10. The molecular weight excluding hydrogens is 242 g/mol. The molecule has 2 amide bonds. The SMILES string of the molecule is CCC(=O)N1CCCC1C(=O)N1CCCN(C)CC1. The Morgan fingerprint density at radius 1 is 1.05 bits per heavy atom. The van der Waals surface area contributed by atoms with Crippen LogP contribution in [0.15, 0.2) is 0 Å². The first-order valence-corrected chi connectivity index (χ1v) is 7.40. The molecule has 1 atom stereocenters. The highest BCUT2D eigenvalue weighted by Gasteiger charge is 2.35. The van der Waals surface area contributed by atoms with Gasteiger partial charge in [0.2, 0.25) is 11.8 Å². The van der Waals surface area contributed by atoms with E-state index in [-0.39, 0.29) is 17.9 Å². The maximum Gasteiger partial charge on any atom is 0.245 e. The molecule has 2 aliphatic heterocycles. The van der Waals surface area contributed by atoms with Gasteiger partial charge in [0.15, 0.2) is 0 Å². The fraction of sp³-hybridized carbons (Fsp3) is 0.857. The number of nitrogens with zero attached hydrogens (tertiary/aromatic N) is 3. The summed E-state index contributed by atoms with van der Waals surface area (Å²) in [4.78, 5) is 30.5. The van der Waals surface area contributed by atoms with E-state index in [1.54, 1.807) is 4.90 Å². The molecule has 5 nitrogen and oxygen atoms in total. The Balaban J connectivity index is 1.99. The van der Waals surface area contributed by atoms with E-state index in [1.165, 1.54) is 0 Å². The van der Waals surface area contributed by atoms with Crippen molar-refractivity contribution in [3.8, 4) is 0 Å². The normalized spacial score (nSPS) is 25.5. The topological polar surface area (TPSA) is 43.9 Å². The van der Waals surface area contributed by atoms with Crippen LogP contribution in [-0.4, -0.2) is 72.3 Å². The minimum Gasteiger partial charge on any atom is -0.340 e. The second-order valence-electron chi connectivity index (χ2n) is 5.58. The lowest BCUT2D eigenvalue weighted by Gasteiger charge is -2.29. The van der Waals surface area contributed by atoms with Crippen molar-refractivity contribution < 1.29 is 9.59 Å². The monoisotopic (exact) mass is 267 g/mol. The molecule has 0 N–H and O–H groups in total. The van der Waals surface area contributed by atoms with E-state index in [9.17, 15) is 9.59 Å². The molecule has 0 bridgehead atoms. The second kappa shape index (κ2) is 6.37. The van der Waals surface area contributed by atoms with Crippen LogP contribution in [0.5, 0.6) is 0 Å². The van der Waals surface area contributed by atoms with Gasteiger partial charge in [-0.05, 0) is 32.9 Å². The van der Waals surface area contributed by atoms with Gasteiger partial charge in [0, 0.05) is 32.6 Å². The molecule has 1 unspecified atom stereocenters. The summed E-state index contributed by atoms with van der Waals surface area (Å²) < 4.78 is 0. The van der Waals surface area contributed by atoms with Gasteiger partial charge in [-0.2, -0.15) is 0 Å². The maximum atomic E-state index is 12.6. The maximum absolute atomic E-state index is 12.6. The van der Waals surface area contributed by atoms with Gasteiger partial charge in [-0.25, -0.2) is 0 Å². The van der Waals surface area contributed by atoms with E-state index in [0.29, 0.717) is 6.42 Å². The van der Waals surface area contributed by atoms with Crippen molar-refractivity contribution in [2.45, 2.75) is 38.6 Å². The Kier molecular flexibility index (Phi) is 4.80. The van der Waals surface area contributed by atoms with Crippen LogP contribution in [0.2, 0.25) is 0 Å². The van der Waals surface area contributed by atoms with E-state index in [4.69, 9.17) is 0 Å². The van der Waals surface area contributed by atoms with Crippen molar-refractivity contribution in [1.29, 1.82) is 0 Å². The molecule has 2 fully saturated rings. The third-order valence-corrected chi connectivity index (χ3v) is 4.19. The molecule has 2 heterocycles. The van der Waals surface area contributed by atoms with Crippen LogP contribution in [0.1, 0.15) is 32.6 Å². The average molecular weight is 267 g/mol. The molecule has 0 aromatic heterocycles. The largest absolute Gasteiger partial charge is 0.340 e. The summed E-state index contributed by atoms with van der Waals surface area (Å²) in [5.74, 6) is 0.275. The molecule has 0 aromatic rings. The smallest absolute Gasteiger partial charge is 0.245 e. The molecule has 0 spiro atoms. The van der Waals surface area contributed by atoms with E-state index >= 15 is 0 Å². The van der Waals surface area contributed by atoms with Crippen molar-refractivity contribution in [1.82, 2.24) is 14.7 Å². The first-order chi connectivity index (χ1) is 9.13. The summed E-state index contributed by atoms with van der Waals surface area (Å²) in [5, 5.41) is 0. The highest BCUT2D eigenvalue weighted by atomic mass is 16.2. The number of likely N-dealkylation sites (N-methyl/N-ethyl adjacent to an activating group) is 1. The Morgan fingerprint density at radius 2 is 1.84 bits per heavy atom. The lowest BCUT2D eigenvalue weighted by molar-refractivity contribution is -0.143. The fourth-order valence-electron chi connectivity index (χ4n) is 3.00. The lowest BCUT2D eigenvalue weighted by atomic mass is 10.1. The number of rotatable bonds is 2. The third kappa shape index (κ3) is 3.26. The van der Waals surface area contributed by atoms with Gasteiger partial charge in [0.25, 0.3) is 0 Å². The number of carbonyl (C=O) groups is 2. The van der Waals surface area contributed by atoms with Crippen LogP contribution >= 0.6 is 0 Å². The van der Waals surface area contributed by atoms with Gasteiger partial charge in [-0.15, -0.1) is 0 Å². The summed E-state index contributed by atoms with van der Waals surface area (Å²) in [7, 11) is 2.09. The number of hydrogen-bond acceptors (Lipinski definition) is 3. The molecule has 19 heavy (non-hydrogen) atoms. The van der Waals surface area contributed by atoms with Crippen molar-refractivity contribution >= 4 is 11.8 Å². The van der Waals surface area contributed by atoms with Crippen LogP contribution in [-0.2, 0) is 9.59 Å². The zero-order chi connectivity index (χ0) is 13.8. The van der Waals surface area contributed by atoms with Crippen LogP contribution in [0, 0.1) is 0 Å². The van der Waals surface area contributed by atoms with E-state index < -0.39 is 0 Å². The quantitative estimate of drug-likeness (QED) is 0.734. The summed E-state index contributed by atoms with van der Waals surface area (Å²) >= 11 is 0. The van der Waals surface area contributed by atoms with E-state index in [0.717, 1.165) is 52.0 Å². The standard InChI is InChI=1S/C14H25N3O2/c1-3-13(18)17-9-4-6-12(17)14(19)16-8-5-7-15(2)10-11-16/h12H,3-11H2,1-2H3. The predicted octanol–water partition coefficient (Wildman–Crippen LogP) is 0.552. The van der Waals surface area contributed by atoms with Crippen LogP contribution in [0.3, 0.4) is 0 Å². The molecular formula is C14H25N3O2. The first kappa shape index (κ1) is 14.3. The van der Waals surface area contributed by atoms with Crippen molar-refractivity contribution in [2.24, 2.45) is 0 Å². The molecule has 2 saturated heterocycles. The van der Waals surface area contributed by atoms with Gasteiger partial charge in [-0.3, -0.25) is 9.59 Å². The molecule has 2 aliphatic rings. The molecule has 2 rings (SSSR count). The van der Waals surface area contributed by atoms with Gasteiger partial charge in [0.05, 0.1) is 0 Å². The van der Waals surface area contributed by atoms with Gasteiger partial charge < -0.3 is 14.7 Å². The zero-order valence-corrected chi connectivity index (χ0v) is 12.1. The molecule has 0 aromatic carbocycles. The van der Waals surface area contributed by atoms with Crippen LogP contribution < -0.4 is 0 Å². The minimum atomic E-state index is -0.198. The number of likely N-dealkylation sites (tertiary alicyclic amines) is 1. The van der Waals surface area contributed by atoms with E-state index in [2.05, 4.69) is 11.9 Å². The molecule has 0 saturated carbocycles. The zero-order valence-electron chi connectivity index (χ0n) is 12.1. The summed E-state index contributed by atoms with van der Waals surface area (Å²) in [6, 6.07) is -0.198. The highest BCUT2D eigenvalue weighted by molar-refractivity contribution is 5.88. The van der Waals surface area contributed by atoms with Crippen LogP contribution in [0.25, 0.3) is 0 Å². The van der Waals surface area contributed by atoms with Crippen molar-refractivity contribution in [3.05, 3.63) is 0 Å². The average Bonchev–Trinajstić information content (AvgIpc) is 2.80. The molecule has 5 heteroatoms. The Labute approximate surface area is 115 Å². The number of amides is 2. The highest BCUT2D eigenvalue weighted by Crippen LogP contribution is 2.21. The summed E-state index contributed by atoms with van der Waals surface area (Å²) in [6.45, 7) is 6.21. The summed E-state index contributed by atoms with van der Waals surface area (Å²) in [6.07, 6.45) is 3.30. The van der Waals surface area contributed by atoms with Gasteiger partial charge in [-0.1, -0.05) is 6.92 Å². The molecule has 0 radical (unpaired) electrons. The Morgan fingerprint density at radius 3 is 2.58 bits per heavy atom. The Bertz CT molecular complexity index is 346. The first-order valence-electron chi connectivity index (χ1n) is 7.40. The number of carbonyl (C=O) groups excluding carboxylic acids is 2. The lowest BCUT2D eigenvalue weighted by Crippen LogP contribution is -2.48. The second-order valence-corrected chi connectivity index (χ2v) is 5.58. The third-order valence-electron chi connectivity index (χ3n) is 4.19. The minimum absolute atomic E-state index is 0.114. The van der Waals surface area contributed by atoms with Gasteiger partial charge in [0.1, 0.15) is 6.04 Å². The van der Waals surface area contributed by atoms with Crippen molar-refractivity contribution in [2.75, 3.05) is 39.8 Å². The van der Waals surface area contributed by atoms with E-state index in [1.807, 2.05) is 11.8 Å². The van der Waals surface area contributed by atoms with Crippen molar-refractivity contribution in [3.63, 3.8) is 0 Å². The molecule has 0 aliphatic carbocycles.